The second-order valence-corrected chi connectivity index (χ2v) is 7.79. The molecule has 0 fully saturated rings. The summed E-state index contributed by atoms with van der Waals surface area (Å²) in [5.41, 5.74) is 6.81. The molecule has 0 aliphatic heterocycles. The maximum atomic E-state index is 12.2. The molecule has 1 amide bonds. The number of hydrogen-bond donors (Lipinski definition) is 1. The van der Waals surface area contributed by atoms with Crippen molar-refractivity contribution in [1.82, 2.24) is 9.99 Å². The lowest BCUT2D eigenvalue weighted by molar-refractivity contribution is 0.0955. The van der Waals surface area contributed by atoms with Gasteiger partial charge in [0, 0.05) is 42.7 Å². The number of carbonyl (C=O) groups is 1. The van der Waals surface area contributed by atoms with E-state index in [1.54, 1.807) is 30.5 Å². The fraction of sp³-hybridized carbons (Fsp3) is 0.100. The Morgan fingerprint density at radius 2 is 1.81 bits per heavy atom. The van der Waals surface area contributed by atoms with Gasteiger partial charge in [0.15, 0.2) is 0 Å². The van der Waals surface area contributed by atoms with Crippen molar-refractivity contribution in [2.45, 2.75) is 13.8 Å². The maximum Gasteiger partial charge on any atom is 0.271 e. The zero-order valence-corrected chi connectivity index (χ0v) is 17.7. The van der Waals surface area contributed by atoms with Crippen molar-refractivity contribution in [3.63, 3.8) is 0 Å². The average molecular weight is 465 g/mol. The summed E-state index contributed by atoms with van der Waals surface area (Å²) in [4.78, 5) is 12.2. The lowest BCUT2D eigenvalue weighted by Gasteiger charge is -2.10. The quantitative estimate of drug-likeness (QED) is 0.377. The van der Waals surface area contributed by atoms with Crippen LogP contribution in [-0.4, -0.2) is 16.7 Å². The van der Waals surface area contributed by atoms with Crippen LogP contribution in [0.1, 0.15) is 27.3 Å². The van der Waals surface area contributed by atoms with Crippen molar-refractivity contribution < 1.29 is 4.79 Å². The van der Waals surface area contributed by atoms with Gasteiger partial charge in [0.1, 0.15) is 0 Å². The first-order valence-corrected chi connectivity index (χ1v) is 9.64. The first kappa shape index (κ1) is 19.7. The zero-order valence-electron chi connectivity index (χ0n) is 14.6. The van der Waals surface area contributed by atoms with Crippen LogP contribution >= 0.6 is 39.1 Å². The van der Waals surface area contributed by atoms with Crippen LogP contribution in [0.3, 0.4) is 0 Å². The molecule has 2 aromatic carbocycles. The summed E-state index contributed by atoms with van der Waals surface area (Å²) < 4.78 is 2.87. The molecule has 0 atom stereocenters. The molecule has 0 aliphatic carbocycles. The Labute approximate surface area is 175 Å². The predicted molar refractivity (Wildman–Crippen MR) is 114 cm³/mol. The number of aryl methyl sites for hydroxylation is 1. The Kier molecular flexibility index (Phi) is 6.05. The Morgan fingerprint density at radius 3 is 2.48 bits per heavy atom. The number of nitrogens with zero attached hydrogens (tertiary/aromatic N) is 2. The summed E-state index contributed by atoms with van der Waals surface area (Å²) >= 11 is 15.6. The largest absolute Gasteiger partial charge is 0.318 e. The van der Waals surface area contributed by atoms with Crippen LogP contribution in [0.15, 0.2) is 58.1 Å². The van der Waals surface area contributed by atoms with Gasteiger partial charge in [-0.3, -0.25) is 4.79 Å². The van der Waals surface area contributed by atoms with Crippen LogP contribution in [0, 0.1) is 13.8 Å². The minimum Gasteiger partial charge on any atom is -0.318 e. The fourth-order valence-corrected chi connectivity index (χ4v) is 3.75. The highest BCUT2D eigenvalue weighted by Gasteiger charge is 2.11. The van der Waals surface area contributed by atoms with E-state index in [0.717, 1.165) is 27.1 Å². The molecule has 1 heterocycles. The normalized spacial score (nSPS) is 11.1. The number of rotatable bonds is 4. The molecule has 0 radical (unpaired) electrons. The monoisotopic (exact) mass is 463 g/mol. The molecule has 0 bridgehead atoms. The minimum atomic E-state index is -0.275. The number of carbonyl (C=O) groups excluding carboxylic acids is 1. The minimum absolute atomic E-state index is 0.275. The van der Waals surface area contributed by atoms with E-state index >= 15 is 0 Å². The SMILES string of the molecule is Cc1cc(/C=N\NC(=O)c2cccc(Br)c2)c(C)n1-c1cc(Cl)cc(Cl)c1. The third kappa shape index (κ3) is 4.61. The smallest absolute Gasteiger partial charge is 0.271 e. The topological polar surface area (TPSA) is 46.4 Å². The highest BCUT2D eigenvalue weighted by Crippen LogP contribution is 2.26. The van der Waals surface area contributed by atoms with Gasteiger partial charge in [-0.25, -0.2) is 5.43 Å². The molecule has 7 heteroatoms. The molecule has 1 aromatic heterocycles. The molecule has 138 valence electrons. The first-order chi connectivity index (χ1) is 12.8. The van der Waals surface area contributed by atoms with Gasteiger partial charge < -0.3 is 4.57 Å². The highest BCUT2D eigenvalue weighted by atomic mass is 79.9. The van der Waals surface area contributed by atoms with E-state index in [4.69, 9.17) is 23.2 Å². The van der Waals surface area contributed by atoms with E-state index in [9.17, 15) is 4.79 Å². The van der Waals surface area contributed by atoms with Crippen LogP contribution in [-0.2, 0) is 0 Å². The van der Waals surface area contributed by atoms with Crippen molar-refractivity contribution >= 4 is 51.3 Å². The molecule has 3 rings (SSSR count). The number of hydrazone groups is 1. The third-order valence-corrected chi connectivity index (χ3v) is 4.96. The van der Waals surface area contributed by atoms with Crippen LogP contribution in [0.2, 0.25) is 10.0 Å². The summed E-state index contributed by atoms with van der Waals surface area (Å²) in [6.45, 7) is 3.96. The number of hydrogen-bond acceptors (Lipinski definition) is 2. The van der Waals surface area contributed by atoms with Crippen LogP contribution in [0.5, 0.6) is 0 Å². The van der Waals surface area contributed by atoms with Crippen molar-refractivity contribution in [2.24, 2.45) is 5.10 Å². The Balaban J connectivity index is 1.82. The van der Waals surface area contributed by atoms with Gasteiger partial charge in [-0.1, -0.05) is 45.2 Å². The van der Waals surface area contributed by atoms with E-state index in [2.05, 4.69) is 26.5 Å². The van der Waals surface area contributed by atoms with Gasteiger partial charge in [-0.2, -0.15) is 5.10 Å². The summed E-state index contributed by atoms with van der Waals surface area (Å²) in [6, 6.07) is 14.5. The lowest BCUT2D eigenvalue weighted by atomic mass is 10.2. The van der Waals surface area contributed by atoms with E-state index in [-0.39, 0.29) is 5.91 Å². The van der Waals surface area contributed by atoms with Gasteiger partial charge in [0.05, 0.1) is 6.21 Å². The predicted octanol–water partition coefficient (Wildman–Crippen LogP) is 5.93. The first-order valence-electron chi connectivity index (χ1n) is 8.09. The van der Waals surface area contributed by atoms with E-state index < -0.39 is 0 Å². The maximum absolute atomic E-state index is 12.2. The van der Waals surface area contributed by atoms with E-state index in [1.165, 1.54) is 0 Å². The molecule has 3 aromatic rings. The van der Waals surface area contributed by atoms with Crippen LogP contribution < -0.4 is 5.43 Å². The van der Waals surface area contributed by atoms with Crippen LogP contribution in [0.25, 0.3) is 5.69 Å². The Morgan fingerprint density at radius 1 is 1.11 bits per heavy atom. The third-order valence-electron chi connectivity index (χ3n) is 4.03. The van der Waals surface area contributed by atoms with Gasteiger partial charge in [-0.05, 0) is 56.3 Å². The van der Waals surface area contributed by atoms with Gasteiger partial charge in [-0.15, -0.1) is 0 Å². The molecule has 0 saturated carbocycles. The zero-order chi connectivity index (χ0) is 19.6. The highest BCUT2D eigenvalue weighted by molar-refractivity contribution is 9.10. The number of benzene rings is 2. The Hall–Kier alpha value is -2.08. The summed E-state index contributed by atoms with van der Waals surface area (Å²) in [6.07, 6.45) is 1.63. The molecular weight excluding hydrogens is 449 g/mol. The number of nitrogens with one attached hydrogen (secondary N) is 1. The summed E-state index contributed by atoms with van der Waals surface area (Å²) in [5, 5.41) is 5.23. The molecule has 0 unspecified atom stereocenters. The number of halogens is 3. The second-order valence-electron chi connectivity index (χ2n) is 6.00. The second kappa shape index (κ2) is 8.30. The van der Waals surface area contributed by atoms with E-state index in [1.807, 2.05) is 42.7 Å². The van der Waals surface area contributed by atoms with Crippen molar-refractivity contribution in [2.75, 3.05) is 0 Å². The van der Waals surface area contributed by atoms with E-state index in [0.29, 0.717) is 15.6 Å². The molecule has 1 N–H and O–H groups in total. The van der Waals surface area contributed by atoms with Gasteiger partial charge in [0.25, 0.3) is 5.91 Å². The molecule has 27 heavy (non-hydrogen) atoms. The molecule has 0 saturated heterocycles. The van der Waals surface area contributed by atoms with Gasteiger partial charge >= 0.3 is 0 Å². The number of amides is 1. The Bertz CT molecular complexity index is 1020. The fourth-order valence-electron chi connectivity index (χ4n) is 2.84. The average Bonchev–Trinajstić information content (AvgIpc) is 2.87. The lowest BCUT2D eigenvalue weighted by Crippen LogP contribution is -2.17. The standard InChI is InChI=1S/C20H16BrCl2N3O/c1-12-6-15(11-24-25-20(27)14-4-3-5-16(21)7-14)13(2)26(12)19-9-17(22)8-18(23)10-19/h3-11H,1-2H3,(H,25,27)/b24-11-. The van der Waals surface area contributed by atoms with Crippen LogP contribution in [0.4, 0.5) is 0 Å². The molecule has 0 aliphatic rings. The van der Waals surface area contributed by atoms with Gasteiger partial charge in [0.2, 0.25) is 0 Å². The molecule has 0 spiro atoms. The molecular formula is C20H16BrCl2N3O. The number of aromatic nitrogens is 1. The molecule has 4 nitrogen and oxygen atoms in total. The van der Waals surface area contributed by atoms with Crippen molar-refractivity contribution in [3.05, 3.63) is 85.6 Å². The summed E-state index contributed by atoms with van der Waals surface area (Å²) in [7, 11) is 0. The summed E-state index contributed by atoms with van der Waals surface area (Å²) in [5.74, 6) is -0.275. The van der Waals surface area contributed by atoms with Crippen molar-refractivity contribution in [3.8, 4) is 5.69 Å². The van der Waals surface area contributed by atoms with Crippen molar-refractivity contribution in [1.29, 1.82) is 0 Å².